The topological polar surface area (TPSA) is 70.5 Å². The predicted molar refractivity (Wildman–Crippen MR) is 96.8 cm³/mol. The van der Waals surface area contributed by atoms with Gasteiger partial charge >= 0.3 is 5.97 Å². The Hall–Kier alpha value is -2.28. The zero-order valence-electron chi connectivity index (χ0n) is 14.4. The number of carbonyl (C=O) groups is 2. The summed E-state index contributed by atoms with van der Waals surface area (Å²) in [4.78, 5) is 29.6. The van der Waals surface area contributed by atoms with E-state index in [1.807, 2.05) is 6.07 Å². The van der Waals surface area contributed by atoms with E-state index in [1.165, 1.54) is 23.5 Å². The van der Waals surface area contributed by atoms with E-state index in [1.54, 1.807) is 16.3 Å². The molecule has 5 nitrogen and oxygen atoms in total. The minimum atomic E-state index is -0.796. The summed E-state index contributed by atoms with van der Waals surface area (Å²) in [5.74, 6) is -0.952. The second-order valence-corrected chi connectivity index (χ2v) is 7.57. The van der Waals surface area contributed by atoms with Crippen molar-refractivity contribution in [1.29, 1.82) is 0 Å². The van der Waals surface area contributed by atoms with Crippen LogP contribution in [0.1, 0.15) is 46.7 Å². The lowest BCUT2D eigenvalue weighted by Gasteiger charge is -2.32. The number of amides is 1. The molecule has 1 atom stereocenters. The smallest absolute Gasteiger partial charge is 0.303 e. The normalized spacial score (nSPS) is 17.3. The van der Waals surface area contributed by atoms with Gasteiger partial charge in [0.25, 0.3) is 5.91 Å². The standard InChI is InChI=1S/C19H21FN2O3S/c20-15-5-1-3-14(9-15)10-17-21-16(12-26-17)19(25)22-8-2-4-13(11-22)6-7-18(23)24/h1,3,5,9,12-13H,2,4,6-8,10-11H2,(H,23,24). The molecule has 1 fully saturated rings. The van der Waals surface area contributed by atoms with E-state index >= 15 is 0 Å². The number of rotatable bonds is 6. The van der Waals surface area contributed by atoms with Gasteiger partial charge in [0.15, 0.2) is 0 Å². The minimum Gasteiger partial charge on any atom is -0.481 e. The van der Waals surface area contributed by atoms with Gasteiger partial charge in [-0.05, 0) is 42.9 Å². The van der Waals surface area contributed by atoms with Crippen molar-refractivity contribution in [2.75, 3.05) is 13.1 Å². The fourth-order valence-corrected chi connectivity index (χ4v) is 4.09. The summed E-state index contributed by atoms with van der Waals surface area (Å²) >= 11 is 1.40. The maximum atomic E-state index is 13.3. The average molecular weight is 376 g/mol. The van der Waals surface area contributed by atoms with E-state index in [-0.39, 0.29) is 24.1 Å². The first-order valence-corrected chi connectivity index (χ1v) is 9.59. The van der Waals surface area contributed by atoms with Crippen LogP contribution in [0.25, 0.3) is 0 Å². The van der Waals surface area contributed by atoms with Crippen LogP contribution in [0.15, 0.2) is 29.6 Å². The Morgan fingerprint density at radius 2 is 2.23 bits per heavy atom. The van der Waals surface area contributed by atoms with E-state index in [9.17, 15) is 14.0 Å². The number of nitrogens with zero attached hydrogens (tertiary/aromatic N) is 2. The van der Waals surface area contributed by atoms with Gasteiger partial charge in [-0.1, -0.05) is 12.1 Å². The highest BCUT2D eigenvalue weighted by atomic mass is 32.1. The molecule has 1 saturated heterocycles. The SMILES string of the molecule is O=C(O)CCC1CCCN(C(=O)c2csc(Cc3cccc(F)c3)n2)C1. The highest BCUT2D eigenvalue weighted by Gasteiger charge is 2.26. The summed E-state index contributed by atoms with van der Waals surface area (Å²) in [5.41, 5.74) is 1.24. The van der Waals surface area contributed by atoms with Gasteiger partial charge in [0.1, 0.15) is 11.5 Å². The van der Waals surface area contributed by atoms with Gasteiger partial charge in [-0.25, -0.2) is 9.37 Å². The van der Waals surface area contributed by atoms with Crippen LogP contribution < -0.4 is 0 Å². The first-order valence-electron chi connectivity index (χ1n) is 8.71. The van der Waals surface area contributed by atoms with Crippen LogP contribution in [0, 0.1) is 11.7 Å². The van der Waals surface area contributed by atoms with Crippen molar-refractivity contribution in [3.8, 4) is 0 Å². The Morgan fingerprint density at radius 3 is 3.00 bits per heavy atom. The molecule has 7 heteroatoms. The number of carboxylic acids is 1. The van der Waals surface area contributed by atoms with Crippen molar-refractivity contribution < 1.29 is 19.1 Å². The number of aliphatic carboxylic acids is 1. The maximum Gasteiger partial charge on any atom is 0.303 e. The zero-order valence-corrected chi connectivity index (χ0v) is 15.2. The molecule has 0 bridgehead atoms. The minimum absolute atomic E-state index is 0.105. The molecule has 0 spiro atoms. The monoisotopic (exact) mass is 376 g/mol. The molecule has 26 heavy (non-hydrogen) atoms. The van der Waals surface area contributed by atoms with Crippen molar-refractivity contribution in [3.63, 3.8) is 0 Å². The number of hydrogen-bond acceptors (Lipinski definition) is 4. The summed E-state index contributed by atoms with van der Waals surface area (Å²) in [5, 5.41) is 11.3. The Bertz CT molecular complexity index is 793. The fourth-order valence-electron chi connectivity index (χ4n) is 3.29. The molecule has 2 heterocycles. The number of halogens is 1. The molecule has 1 unspecified atom stereocenters. The molecule has 0 aliphatic carbocycles. The number of piperidine rings is 1. The summed E-state index contributed by atoms with van der Waals surface area (Å²) in [7, 11) is 0. The van der Waals surface area contributed by atoms with Gasteiger partial charge in [0.2, 0.25) is 0 Å². The van der Waals surface area contributed by atoms with Crippen LogP contribution in [-0.4, -0.2) is 40.0 Å². The highest BCUT2D eigenvalue weighted by molar-refractivity contribution is 7.09. The molecule has 0 saturated carbocycles. The third kappa shape index (κ3) is 4.88. The Kier molecular flexibility index (Phi) is 5.98. The van der Waals surface area contributed by atoms with Crippen molar-refractivity contribution >= 4 is 23.2 Å². The number of likely N-dealkylation sites (tertiary alicyclic amines) is 1. The highest BCUT2D eigenvalue weighted by Crippen LogP contribution is 2.23. The molecule has 0 radical (unpaired) electrons. The second-order valence-electron chi connectivity index (χ2n) is 6.63. The molecular weight excluding hydrogens is 355 g/mol. The average Bonchev–Trinajstić information content (AvgIpc) is 3.08. The second kappa shape index (κ2) is 8.40. The molecule has 1 aliphatic heterocycles. The van der Waals surface area contributed by atoms with Crippen molar-refractivity contribution in [2.24, 2.45) is 5.92 Å². The summed E-state index contributed by atoms with van der Waals surface area (Å²) < 4.78 is 13.3. The molecule has 1 aliphatic rings. The Morgan fingerprint density at radius 1 is 1.38 bits per heavy atom. The number of carboxylic acid groups (broad SMARTS) is 1. The third-order valence-electron chi connectivity index (χ3n) is 4.59. The van der Waals surface area contributed by atoms with Gasteiger partial charge in [0.05, 0.1) is 5.01 Å². The van der Waals surface area contributed by atoms with Crippen molar-refractivity contribution in [3.05, 3.63) is 51.7 Å². The molecule has 3 rings (SSSR count). The molecule has 138 valence electrons. The van der Waals surface area contributed by atoms with Crippen LogP contribution >= 0.6 is 11.3 Å². The molecule has 1 aromatic carbocycles. The zero-order chi connectivity index (χ0) is 18.5. The lowest BCUT2D eigenvalue weighted by Crippen LogP contribution is -2.40. The fraction of sp³-hybridized carbons (Fsp3) is 0.421. The van der Waals surface area contributed by atoms with Crippen LogP contribution in [-0.2, 0) is 11.2 Å². The number of benzene rings is 1. The molecule has 2 aromatic rings. The van der Waals surface area contributed by atoms with Gasteiger partial charge in [0, 0.05) is 31.3 Å². The third-order valence-corrected chi connectivity index (χ3v) is 5.44. The van der Waals surface area contributed by atoms with Gasteiger partial charge in [-0.2, -0.15) is 0 Å². The summed E-state index contributed by atoms with van der Waals surface area (Å²) in [6.45, 7) is 1.27. The van der Waals surface area contributed by atoms with E-state index in [2.05, 4.69) is 4.98 Å². The summed E-state index contributed by atoms with van der Waals surface area (Å²) in [6.07, 6.45) is 3.08. The Balaban J connectivity index is 1.61. The maximum absolute atomic E-state index is 13.3. The van der Waals surface area contributed by atoms with Gasteiger partial charge in [-0.3, -0.25) is 9.59 Å². The predicted octanol–water partition coefficient (Wildman–Crippen LogP) is 3.59. The van der Waals surface area contributed by atoms with Crippen LogP contribution in [0.5, 0.6) is 0 Å². The van der Waals surface area contributed by atoms with Crippen molar-refractivity contribution in [1.82, 2.24) is 9.88 Å². The quantitative estimate of drug-likeness (QED) is 0.836. The number of carbonyl (C=O) groups excluding carboxylic acids is 1. The lowest BCUT2D eigenvalue weighted by atomic mass is 9.93. The number of aromatic nitrogens is 1. The first-order chi connectivity index (χ1) is 12.5. The molecular formula is C19H21FN2O3S. The largest absolute Gasteiger partial charge is 0.481 e. The Labute approximate surface area is 155 Å². The molecule has 1 aromatic heterocycles. The molecule has 1 amide bonds. The molecule has 1 N–H and O–H groups in total. The van der Waals surface area contributed by atoms with Crippen molar-refractivity contribution in [2.45, 2.75) is 32.1 Å². The first kappa shape index (κ1) is 18.5. The lowest BCUT2D eigenvalue weighted by molar-refractivity contribution is -0.137. The summed E-state index contributed by atoms with van der Waals surface area (Å²) in [6, 6.07) is 6.37. The van der Waals surface area contributed by atoms with Crippen LogP contribution in [0.4, 0.5) is 4.39 Å². The van der Waals surface area contributed by atoms with E-state index < -0.39 is 5.97 Å². The van der Waals surface area contributed by atoms with E-state index in [4.69, 9.17) is 5.11 Å². The number of hydrogen-bond donors (Lipinski definition) is 1. The van der Waals surface area contributed by atoms with E-state index in [0.29, 0.717) is 31.6 Å². The van der Waals surface area contributed by atoms with Gasteiger partial charge in [-0.15, -0.1) is 11.3 Å². The number of thiazole rings is 1. The van der Waals surface area contributed by atoms with Crippen LogP contribution in [0.2, 0.25) is 0 Å². The van der Waals surface area contributed by atoms with Gasteiger partial charge < -0.3 is 10.0 Å². The van der Waals surface area contributed by atoms with Crippen LogP contribution in [0.3, 0.4) is 0 Å². The van der Waals surface area contributed by atoms with E-state index in [0.717, 1.165) is 23.4 Å².